The smallest absolute Gasteiger partial charge is 0.247 e. The van der Waals surface area contributed by atoms with E-state index in [-0.39, 0.29) is 10.3 Å². The third kappa shape index (κ3) is 2.91. The molecule has 6 nitrogen and oxygen atoms in total. The van der Waals surface area contributed by atoms with E-state index in [1.165, 1.54) is 6.26 Å². The fourth-order valence-electron chi connectivity index (χ4n) is 2.48. The van der Waals surface area contributed by atoms with E-state index in [9.17, 15) is 8.42 Å². The Hall–Kier alpha value is -1.73. The van der Waals surface area contributed by atoms with Crippen LogP contribution in [0.15, 0.2) is 33.6 Å². The molecule has 0 unspecified atom stereocenters. The van der Waals surface area contributed by atoms with Crippen LogP contribution in [0.1, 0.15) is 25.7 Å². The lowest BCUT2D eigenvalue weighted by atomic mass is 9.82. The van der Waals surface area contributed by atoms with Gasteiger partial charge in [0.1, 0.15) is 0 Å². The van der Waals surface area contributed by atoms with Gasteiger partial charge < -0.3 is 9.15 Å². The van der Waals surface area contributed by atoms with Gasteiger partial charge in [-0.25, -0.2) is 8.42 Å². The Kier molecular flexibility index (Phi) is 3.78. The quantitative estimate of drug-likeness (QED) is 0.861. The minimum atomic E-state index is -3.27. The van der Waals surface area contributed by atoms with Crippen LogP contribution >= 0.6 is 0 Å². The summed E-state index contributed by atoms with van der Waals surface area (Å²) in [7, 11) is -3.27. The third-order valence-electron chi connectivity index (χ3n) is 4.05. The van der Waals surface area contributed by atoms with Gasteiger partial charge in [-0.1, -0.05) is 13.0 Å². The molecule has 0 bridgehead atoms. The average Bonchev–Trinajstić information content (AvgIpc) is 2.98. The predicted molar refractivity (Wildman–Crippen MR) is 80.2 cm³/mol. The summed E-state index contributed by atoms with van der Waals surface area (Å²) in [5.74, 6) is 0.920. The Morgan fingerprint density at radius 2 is 1.91 bits per heavy atom. The normalized spacial score (nSPS) is 18.3. The fourth-order valence-corrected chi connectivity index (χ4v) is 3.15. The number of ether oxygens (including phenoxy) is 1. The summed E-state index contributed by atoms with van der Waals surface area (Å²) in [6, 6.07) is 6.54. The van der Waals surface area contributed by atoms with Crippen molar-refractivity contribution in [3.63, 3.8) is 0 Å². The Balaban J connectivity index is 1.94. The number of sulfone groups is 1. The van der Waals surface area contributed by atoms with Crippen molar-refractivity contribution in [2.24, 2.45) is 0 Å². The summed E-state index contributed by atoms with van der Waals surface area (Å²) in [6.45, 7) is 3.44. The van der Waals surface area contributed by atoms with Crippen LogP contribution in [0.3, 0.4) is 0 Å². The lowest BCUT2D eigenvalue weighted by Crippen LogP contribution is -2.30. The second-order valence-electron chi connectivity index (χ2n) is 5.89. The molecule has 22 heavy (non-hydrogen) atoms. The minimum Gasteiger partial charge on any atom is -0.420 e. The monoisotopic (exact) mass is 322 g/mol. The molecule has 3 rings (SSSR count). The standard InChI is InChI=1S/C15H18N2O4S/c1-15(6-8-20-9-7-15)14-17-16-13(21-14)11-4-3-5-12(10-11)22(2,18)19/h3-5,10H,6-9H2,1-2H3. The molecule has 118 valence electrons. The van der Waals surface area contributed by atoms with E-state index in [2.05, 4.69) is 17.1 Å². The molecule has 0 radical (unpaired) electrons. The van der Waals surface area contributed by atoms with Crippen LogP contribution in [0.2, 0.25) is 0 Å². The van der Waals surface area contributed by atoms with Crippen LogP contribution in [0, 0.1) is 0 Å². The highest BCUT2D eigenvalue weighted by molar-refractivity contribution is 7.90. The van der Waals surface area contributed by atoms with Crippen LogP contribution in [-0.2, 0) is 20.0 Å². The van der Waals surface area contributed by atoms with Gasteiger partial charge in [0.25, 0.3) is 0 Å². The molecule has 0 amide bonds. The second kappa shape index (κ2) is 5.48. The maximum Gasteiger partial charge on any atom is 0.247 e. The van der Waals surface area contributed by atoms with E-state index < -0.39 is 9.84 Å². The molecule has 0 saturated carbocycles. The Morgan fingerprint density at radius 1 is 1.18 bits per heavy atom. The molecule has 1 saturated heterocycles. The van der Waals surface area contributed by atoms with Gasteiger partial charge in [0.05, 0.1) is 10.3 Å². The Morgan fingerprint density at radius 3 is 2.59 bits per heavy atom. The zero-order valence-corrected chi connectivity index (χ0v) is 13.4. The van der Waals surface area contributed by atoms with Crippen molar-refractivity contribution in [1.82, 2.24) is 10.2 Å². The molecule has 2 heterocycles. The lowest BCUT2D eigenvalue weighted by Gasteiger charge is -2.29. The van der Waals surface area contributed by atoms with Crippen molar-refractivity contribution in [2.45, 2.75) is 30.1 Å². The largest absolute Gasteiger partial charge is 0.420 e. The van der Waals surface area contributed by atoms with Crippen molar-refractivity contribution in [3.8, 4) is 11.5 Å². The SMILES string of the molecule is CC1(c2nnc(-c3cccc(S(C)(=O)=O)c3)o2)CCOCC1. The molecule has 0 N–H and O–H groups in total. The summed E-state index contributed by atoms with van der Waals surface area (Å²) in [6.07, 6.45) is 2.84. The molecule has 0 aliphatic carbocycles. The van der Waals surface area contributed by atoms with Crippen molar-refractivity contribution in [2.75, 3.05) is 19.5 Å². The number of rotatable bonds is 3. The van der Waals surface area contributed by atoms with Crippen LogP contribution in [0.4, 0.5) is 0 Å². The first-order valence-electron chi connectivity index (χ1n) is 7.11. The highest BCUT2D eigenvalue weighted by Crippen LogP contribution is 2.34. The molecular formula is C15H18N2O4S. The number of nitrogens with zero attached hydrogens (tertiary/aromatic N) is 2. The molecular weight excluding hydrogens is 304 g/mol. The van der Waals surface area contributed by atoms with E-state index in [1.54, 1.807) is 24.3 Å². The number of hydrogen-bond donors (Lipinski definition) is 0. The Bertz CT molecular complexity index is 776. The molecule has 0 spiro atoms. The van der Waals surface area contributed by atoms with Crippen molar-refractivity contribution >= 4 is 9.84 Å². The van der Waals surface area contributed by atoms with Gasteiger partial charge in [0.15, 0.2) is 9.84 Å². The van der Waals surface area contributed by atoms with Crippen LogP contribution < -0.4 is 0 Å². The molecule has 1 aromatic carbocycles. The maximum atomic E-state index is 11.6. The summed E-state index contributed by atoms with van der Waals surface area (Å²) in [5, 5.41) is 8.24. The van der Waals surface area contributed by atoms with Gasteiger partial charge in [-0.3, -0.25) is 0 Å². The van der Waals surface area contributed by atoms with Crippen molar-refractivity contribution in [1.29, 1.82) is 0 Å². The summed E-state index contributed by atoms with van der Waals surface area (Å²) >= 11 is 0. The average molecular weight is 322 g/mol. The summed E-state index contributed by atoms with van der Waals surface area (Å²) in [4.78, 5) is 0.238. The van der Waals surface area contributed by atoms with Gasteiger partial charge in [0.2, 0.25) is 11.8 Å². The molecule has 1 aliphatic heterocycles. The van der Waals surface area contributed by atoms with E-state index in [4.69, 9.17) is 9.15 Å². The molecule has 1 aliphatic rings. The van der Waals surface area contributed by atoms with E-state index in [0.29, 0.717) is 30.6 Å². The lowest BCUT2D eigenvalue weighted by molar-refractivity contribution is 0.0471. The topological polar surface area (TPSA) is 82.3 Å². The van der Waals surface area contributed by atoms with Crippen LogP contribution in [0.25, 0.3) is 11.5 Å². The highest BCUT2D eigenvalue weighted by atomic mass is 32.2. The predicted octanol–water partition coefficient (Wildman–Crippen LogP) is 2.21. The van der Waals surface area contributed by atoms with E-state index in [1.807, 2.05) is 0 Å². The van der Waals surface area contributed by atoms with Gasteiger partial charge in [-0.2, -0.15) is 0 Å². The summed E-state index contributed by atoms with van der Waals surface area (Å²) in [5.41, 5.74) is 0.426. The number of hydrogen-bond acceptors (Lipinski definition) is 6. The minimum absolute atomic E-state index is 0.183. The van der Waals surface area contributed by atoms with E-state index in [0.717, 1.165) is 12.8 Å². The van der Waals surface area contributed by atoms with Gasteiger partial charge in [-0.05, 0) is 31.0 Å². The zero-order chi connectivity index (χ0) is 15.8. The summed E-state index contributed by atoms with van der Waals surface area (Å²) < 4.78 is 34.5. The molecule has 1 aromatic heterocycles. The van der Waals surface area contributed by atoms with Crippen LogP contribution in [-0.4, -0.2) is 38.1 Å². The highest BCUT2D eigenvalue weighted by Gasteiger charge is 2.35. The maximum absolute atomic E-state index is 11.6. The third-order valence-corrected chi connectivity index (χ3v) is 5.16. The fraction of sp³-hybridized carbons (Fsp3) is 0.467. The molecule has 2 aromatic rings. The Labute approximate surface area is 129 Å². The van der Waals surface area contributed by atoms with Crippen molar-refractivity contribution in [3.05, 3.63) is 30.2 Å². The van der Waals surface area contributed by atoms with E-state index >= 15 is 0 Å². The molecule has 7 heteroatoms. The second-order valence-corrected chi connectivity index (χ2v) is 7.90. The molecule has 1 fully saturated rings. The number of aromatic nitrogens is 2. The zero-order valence-electron chi connectivity index (χ0n) is 12.6. The van der Waals surface area contributed by atoms with Crippen molar-refractivity contribution < 1.29 is 17.6 Å². The van der Waals surface area contributed by atoms with Crippen LogP contribution in [0.5, 0.6) is 0 Å². The van der Waals surface area contributed by atoms with Gasteiger partial charge in [0, 0.05) is 25.0 Å². The number of benzene rings is 1. The van der Waals surface area contributed by atoms with Gasteiger partial charge >= 0.3 is 0 Å². The van der Waals surface area contributed by atoms with Gasteiger partial charge in [-0.15, -0.1) is 10.2 Å². The first-order valence-corrected chi connectivity index (χ1v) is 9.00. The first kappa shape index (κ1) is 15.2. The first-order chi connectivity index (χ1) is 10.4. The molecule has 0 atom stereocenters.